The Kier molecular flexibility index (Phi) is 5.44. The average Bonchev–Trinajstić information content (AvgIpc) is 3.16. The minimum atomic E-state index is -0.481. The van der Waals surface area contributed by atoms with Crippen LogP contribution >= 0.6 is 11.6 Å². The third-order valence-electron chi connectivity index (χ3n) is 4.48. The Balaban J connectivity index is 1.55. The first-order valence-electron chi connectivity index (χ1n) is 9.07. The van der Waals surface area contributed by atoms with E-state index in [9.17, 15) is 10.1 Å². The maximum atomic E-state index is 11.4. The number of nitrogens with one attached hydrogen (secondary N) is 2. The average molecular weight is 425 g/mol. The van der Waals surface area contributed by atoms with Crippen molar-refractivity contribution in [1.82, 2.24) is 19.9 Å². The summed E-state index contributed by atoms with van der Waals surface area (Å²) in [4.78, 5) is 27.1. The predicted octanol–water partition coefficient (Wildman–Crippen LogP) is 4.45. The molecule has 4 aromatic rings. The molecule has 2 aromatic heterocycles. The first-order chi connectivity index (χ1) is 14.5. The van der Waals surface area contributed by atoms with Crippen LogP contribution in [0.2, 0.25) is 5.02 Å². The van der Waals surface area contributed by atoms with Gasteiger partial charge in [0.15, 0.2) is 0 Å². The van der Waals surface area contributed by atoms with Gasteiger partial charge in [0.25, 0.3) is 0 Å². The van der Waals surface area contributed by atoms with E-state index in [2.05, 4.69) is 25.3 Å². The molecule has 0 bridgehead atoms. The molecule has 152 valence electrons. The fraction of sp³-hybridized carbons (Fsp3) is 0.150. The maximum absolute atomic E-state index is 11.4. The van der Waals surface area contributed by atoms with E-state index in [4.69, 9.17) is 16.3 Å². The summed E-state index contributed by atoms with van der Waals surface area (Å²) >= 11 is 5.89. The summed E-state index contributed by atoms with van der Waals surface area (Å²) < 4.78 is 5.22. The number of fused-ring (bicyclic) bond motifs is 1. The Morgan fingerprint density at radius 3 is 2.70 bits per heavy atom. The van der Waals surface area contributed by atoms with Gasteiger partial charge in [-0.3, -0.25) is 10.1 Å². The Bertz CT molecular complexity index is 1210. The second-order valence-corrected chi connectivity index (χ2v) is 6.92. The van der Waals surface area contributed by atoms with Gasteiger partial charge >= 0.3 is 5.69 Å². The zero-order valence-electron chi connectivity index (χ0n) is 15.9. The minimum Gasteiger partial charge on any atom is -0.497 e. The van der Waals surface area contributed by atoms with Crippen molar-refractivity contribution in [3.8, 4) is 5.75 Å². The number of halogens is 1. The molecule has 0 saturated heterocycles. The summed E-state index contributed by atoms with van der Waals surface area (Å²) in [5.74, 6) is 1.70. The minimum absolute atomic E-state index is 0.130. The van der Waals surface area contributed by atoms with Crippen LogP contribution in [-0.4, -0.2) is 32.0 Å². The molecule has 10 heteroatoms. The van der Waals surface area contributed by atoms with Crippen LogP contribution in [0.5, 0.6) is 5.75 Å². The lowest BCUT2D eigenvalue weighted by molar-refractivity contribution is -0.386. The number of ether oxygens (including phenoxy) is 1. The van der Waals surface area contributed by atoms with E-state index in [-0.39, 0.29) is 11.6 Å². The van der Waals surface area contributed by atoms with Gasteiger partial charge in [-0.1, -0.05) is 11.6 Å². The number of methoxy groups -OCH3 is 1. The molecule has 0 saturated carbocycles. The van der Waals surface area contributed by atoms with E-state index in [1.807, 2.05) is 18.2 Å². The number of imidazole rings is 1. The molecule has 0 spiro atoms. The highest BCUT2D eigenvalue weighted by atomic mass is 35.5. The fourth-order valence-corrected chi connectivity index (χ4v) is 3.12. The van der Waals surface area contributed by atoms with E-state index in [1.54, 1.807) is 31.4 Å². The molecule has 9 nitrogen and oxygen atoms in total. The molecular formula is C20H17ClN6O3. The fourth-order valence-electron chi connectivity index (χ4n) is 2.99. The Morgan fingerprint density at radius 1 is 1.17 bits per heavy atom. The number of rotatable bonds is 7. The topological polar surface area (TPSA) is 119 Å². The van der Waals surface area contributed by atoms with Gasteiger partial charge in [-0.25, -0.2) is 15.0 Å². The second-order valence-electron chi connectivity index (χ2n) is 6.48. The number of hydrogen-bond donors (Lipinski definition) is 2. The van der Waals surface area contributed by atoms with Crippen LogP contribution in [0.15, 0.2) is 48.7 Å². The molecule has 2 aromatic carbocycles. The van der Waals surface area contributed by atoms with E-state index < -0.39 is 4.92 Å². The lowest BCUT2D eigenvalue weighted by Crippen LogP contribution is -2.06. The van der Waals surface area contributed by atoms with Gasteiger partial charge in [0.05, 0.1) is 23.1 Å². The Hall–Kier alpha value is -3.72. The highest BCUT2D eigenvalue weighted by molar-refractivity contribution is 6.30. The summed E-state index contributed by atoms with van der Waals surface area (Å²) in [5.41, 5.74) is 2.56. The molecule has 2 heterocycles. The van der Waals surface area contributed by atoms with Gasteiger partial charge in [-0.05, 0) is 36.4 Å². The van der Waals surface area contributed by atoms with Crippen molar-refractivity contribution in [2.24, 2.45) is 0 Å². The van der Waals surface area contributed by atoms with Crippen molar-refractivity contribution >= 4 is 40.0 Å². The number of nitrogens with zero attached hydrogens (tertiary/aromatic N) is 4. The summed E-state index contributed by atoms with van der Waals surface area (Å²) in [7, 11) is 1.60. The van der Waals surface area contributed by atoms with Crippen LogP contribution in [0.25, 0.3) is 11.0 Å². The Morgan fingerprint density at radius 2 is 1.97 bits per heavy atom. The second kappa shape index (κ2) is 8.34. The van der Waals surface area contributed by atoms with Gasteiger partial charge in [-0.15, -0.1) is 0 Å². The van der Waals surface area contributed by atoms with Gasteiger partial charge in [-0.2, -0.15) is 0 Å². The SMILES string of the molecule is COc1ccc2nc(CCc3nc(Nc4ccc(Cl)cc4)ncc3[N+](=O)[O-])[nH]c2c1. The highest BCUT2D eigenvalue weighted by Gasteiger charge is 2.18. The van der Waals surface area contributed by atoms with Crippen LogP contribution in [0.1, 0.15) is 11.5 Å². The van der Waals surface area contributed by atoms with Crippen molar-refractivity contribution in [3.63, 3.8) is 0 Å². The van der Waals surface area contributed by atoms with Crippen LogP contribution in [0.3, 0.4) is 0 Å². The number of aryl methyl sites for hydroxylation is 2. The maximum Gasteiger partial charge on any atom is 0.309 e. The molecule has 0 atom stereocenters. The number of aromatic amines is 1. The normalized spacial score (nSPS) is 10.9. The summed E-state index contributed by atoms with van der Waals surface area (Å²) in [6, 6.07) is 12.5. The standard InChI is InChI=1S/C20H17ClN6O3/c1-30-14-6-7-15-17(10-14)25-19(24-15)9-8-16-18(27(28)29)11-22-20(26-16)23-13-4-2-12(21)3-5-13/h2-7,10-11H,8-9H2,1H3,(H,24,25)(H,22,23,26). The van der Waals surface area contributed by atoms with E-state index in [0.717, 1.165) is 22.5 Å². The first kappa shape index (κ1) is 19.6. The van der Waals surface area contributed by atoms with Crippen LogP contribution in [-0.2, 0) is 12.8 Å². The number of benzene rings is 2. The van der Waals surface area contributed by atoms with Crippen LogP contribution in [0, 0.1) is 10.1 Å². The molecule has 2 N–H and O–H groups in total. The number of aromatic nitrogens is 4. The summed E-state index contributed by atoms with van der Waals surface area (Å²) in [6.07, 6.45) is 1.99. The van der Waals surface area contributed by atoms with Crippen molar-refractivity contribution in [2.75, 3.05) is 12.4 Å². The zero-order chi connectivity index (χ0) is 21.1. The van der Waals surface area contributed by atoms with Crippen LogP contribution in [0.4, 0.5) is 17.3 Å². The molecule has 0 amide bonds. The lowest BCUT2D eigenvalue weighted by atomic mass is 10.2. The van der Waals surface area contributed by atoms with Gasteiger partial charge in [0, 0.05) is 29.6 Å². The first-order valence-corrected chi connectivity index (χ1v) is 9.45. The molecule has 0 unspecified atom stereocenters. The van der Waals surface area contributed by atoms with Gasteiger partial charge < -0.3 is 15.0 Å². The molecule has 0 aliphatic carbocycles. The number of hydrogen-bond acceptors (Lipinski definition) is 7. The number of anilines is 2. The molecular weight excluding hydrogens is 408 g/mol. The molecule has 4 rings (SSSR count). The van der Waals surface area contributed by atoms with Crippen LogP contribution < -0.4 is 10.1 Å². The van der Waals surface area contributed by atoms with E-state index >= 15 is 0 Å². The number of nitro groups is 1. The predicted molar refractivity (Wildman–Crippen MR) is 113 cm³/mol. The highest BCUT2D eigenvalue weighted by Crippen LogP contribution is 2.23. The zero-order valence-corrected chi connectivity index (χ0v) is 16.7. The van der Waals surface area contributed by atoms with Crippen molar-refractivity contribution in [1.29, 1.82) is 0 Å². The Labute approximate surface area is 176 Å². The summed E-state index contributed by atoms with van der Waals surface area (Å²) in [5, 5.41) is 15.0. The lowest BCUT2D eigenvalue weighted by Gasteiger charge is -2.07. The van der Waals surface area contributed by atoms with Gasteiger partial charge in [0.2, 0.25) is 5.95 Å². The third kappa shape index (κ3) is 4.31. The van der Waals surface area contributed by atoms with E-state index in [1.165, 1.54) is 6.20 Å². The third-order valence-corrected chi connectivity index (χ3v) is 4.73. The van der Waals surface area contributed by atoms with E-state index in [0.29, 0.717) is 29.4 Å². The monoisotopic (exact) mass is 424 g/mol. The van der Waals surface area contributed by atoms with Crippen molar-refractivity contribution in [2.45, 2.75) is 12.8 Å². The molecule has 0 aliphatic heterocycles. The summed E-state index contributed by atoms with van der Waals surface area (Å²) in [6.45, 7) is 0. The largest absolute Gasteiger partial charge is 0.497 e. The quantitative estimate of drug-likeness (QED) is 0.332. The molecule has 0 aliphatic rings. The molecule has 0 fully saturated rings. The molecule has 0 radical (unpaired) electrons. The van der Waals surface area contributed by atoms with Crippen molar-refractivity contribution in [3.05, 3.63) is 75.3 Å². The van der Waals surface area contributed by atoms with Crippen molar-refractivity contribution < 1.29 is 9.66 Å². The number of H-pyrrole nitrogens is 1. The smallest absolute Gasteiger partial charge is 0.309 e. The van der Waals surface area contributed by atoms with Gasteiger partial charge in [0.1, 0.15) is 23.5 Å². The molecule has 30 heavy (non-hydrogen) atoms.